The number of carboxylic acid groups (broad SMARTS) is 1. The lowest BCUT2D eigenvalue weighted by molar-refractivity contribution is -0.0250. The summed E-state index contributed by atoms with van der Waals surface area (Å²) in [6.07, 6.45) is -2.08. The largest absolute Gasteiger partial charge is 0.465 e. The summed E-state index contributed by atoms with van der Waals surface area (Å²) >= 11 is 0. The Bertz CT molecular complexity index is 558. The molecule has 1 aromatic heterocycles. The van der Waals surface area contributed by atoms with E-state index < -0.39 is 24.5 Å². The van der Waals surface area contributed by atoms with Crippen molar-refractivity contribution in [2.45, 2.75) is 44.4 Å². The average Bonchev–Trinajstić information content (AvgIpc) is 2.68. The highest BCUT2D eigenvalue weighted by Crippen LogP contribution is 2.40. The van der Waals surface area contributed by atoms with Crippen LogP contribution in [0.1, 0.15) is 29.8 Å². The summed E-state index contributed by atoms with van der Waals surface area (Å²) in [6, 6.07) is 0. The van der Waals surface area contributed by atoms with Crippen molar-refractivity contribution in [3.05, 3.63) is 17.0 Å². The highest BCUT2D eigenvalue weighted by atomic mass is 19.3. The normalized spacial score (nSPS) is 24.8. The van der Waals surface area contributed by atoms with Gasteiger partial charge in [-0.25, -0.2) is 4.79 Å². The van der Waals surface area contributed by atoms with E-state index in [2.05, 4.69) is 5.10 Å². The third-order valence-corrected chi connectivity index (χ3v) is 3.89. The predicted octanol–water partition coefficient (Wildman–Crippen LogP) is 1.17. The first-order valence-electron chi connectivity index (χ1n) is 6.51. The number of hydrogen-bond donors (Lipinski definition) is 2. The van der Waals surface area contributed by atoms with Gasteiger partial charge in [-0.15, -0.1) is 0 Å². The predicted molar refractivity (Wildman–Crippen MR) is 63.5 cm³/mol. The summed E-state index contributed by atoms with van der Waals surface area (Å²) in [6.45, 7) is 0.226. The summed E-state index contributed by atoms with van der Waals surface area (Å²) in [5.41, 5.74) is 0.596. The Morgan fingerprint density at radius 2 is 2.20 bits per heavy atom. The molecule has 1 atom stereocenters. The molecule has 2 N–H and O–H groups in total. The van der Waals surface area contributed by atoms with Gasteiger partial charge in [-0.1, -0.05) is 0 Å². The van der Waals surface area contributed by atoms with E-state index in [0.717, 1.165) is 9.58 Å². The Balaban J connectivity index is 2.06. The fourth-order valence-corrected chi connectivity index (χ4v) is 2.89. The van der Waals surface area contributed by atoms with E-state index in [1.165, 1.54) is 0 Å². The molecule has 6 nitrogen and oxygen atoms in total. The second-order valence-electron chi connectivity index (χ2n) is 5.31. The summed E-state index contributed by atoms with van der Waals surface area (Å²) in [7, 11) is 0. The van der Waals surface area contributed by atoms with Gasteiger partial charge in [0.05, 0.1) is 24.9 Å². The number of nitrogens with zero attached hydrogens (tertiary/aromatic N) is 3. The van der Waals surface area contributed by atoms with Crippen molar-refractivity contribution in [1.82, 2.24) is 14.7 Å². The topological polar surface area (TPSA) is 78.6 Å². The molecule has 8 heteroatoms. The van der Waals surface area contributed by atoms with Gasteiger partial charge in [0, 0.05) is 24.9 Å². The van der Waals surface area contributed by atoms with Crippen LogP contribution in [0.15, 0.2) is 0 Å². The van der Waals surface area contributed by atoms with Crippen LogP contribution in [0.5, 0.6) is 0 Å². The number of amides is 1. The van der Waals surface area contributed by atoms with E-state index in [9.17, 15) is 18.7 Å². The number of fused-ring (bicyclic) bond motifs is 3. The number of alkyl halides is 2. The van der Waals surface area contributed by atoms with Gasteiger partial charge in [-0.2, -0.15) is 13.9 Å². The van der Waals surface area contributed by atoms with E-state index >= 15 is 0 Å². The van der Waals surface area contributed by atoms with Gasteiger partial charge in [0.15, 0.2) is 0 Å². The van der Waals surface area contributed by atoms with Gasteiger partial charge in [-0.05, 0) is 6.42 Å². The zero-order valence-corrected chi connectivity index (χ0v) is 10.7. The number of carbonyl (C=O) groups is 1. The van der Waals surface area contributed by atoms with Gasteiger partial charge in [-0.3, -0.25) is 4.68 Å². The monoisotopic (exact) mass is 287 g/mol. The molecule has 1 aromatic rings. The Morgan fingerprint density at radius 3 is 2.90 bits per heavy atom. The van der Waals surface area contributed by atoms with Gasteiger partial charge in [0.25, 0.3) is 5.92 Å². The summed E-state index contributed by atoms with van der Waals surface area (Å²) in [5, 5.41) is 22.8. The van der Waals surface area contributed by atoms with Crippen LogP contribution in [0, 0.1) is 0 Å². The molecule has 3 heterocycles. The molecule has 0 bridgehead atoms. The molecule has 0 saturated carbocycles. The third kappa shape index (κ3) is 2.04. The van der Waals surface area contributed by atoms with Crippen LogP contribution in [0.25, 0.3) is 0 Å². The minimum Gasteiger partial charge on any atom is -0.465 e. The molecule has 2 aliphatic heterocycles. The molecular weight excluding hydrogens is 272 g/mol. The second kappa shape index (κ2) is 4.41. The number of aliphatic hydroxyl groups is 1. The van der Waals surface area contributed by atoms with Crippen LogP contribution in [0.2, 0.25) is 0 Å². The average molecular weight is 287 g/mol. The minimum absolute atomic E-state index is 0.00772. The molecule has 0 fully saturated rings. The van der Waals surface area contributed by atoms with E-state index in [1.54, 1.807) is 0 Å². The zero-order valence-electron chi connectivity index (χ0n) is 10.7. The standard InChI is InChI=1S/C12H15F2N3O3/c13-12(14)3-1-7(18)5-17-10(12)8-6-16(11(19)20)4-2-9(8)15-17/h7,18H,1-6H2,(H,19,20)/t7-/m1/s1. The number of halogens is 2. The molecule has 0 saturated heterocycles. The minimum atomic E-state index is -3.08. The van der Waals surface area contributed by atoms with Crippen molar-refractivity contribution in [1.29, 1.82) is 0 Å². The maximum Gasteiger partial charge on any atom is 0.407 e. The second-order valence-corrected chi connectivity index (χ2v) is 5.31. The van der Waals surface area contributed by atoms with Crippen molar-refractivity contribution in [3.8, 4) is 0 Å². The number of aliphatic hydroxyl groups excluding tert-OH is 1. The molecule has 2 aliphatic rings. The Morgan fingerprint density at radius 1 is 1.45 bits per heavy atom. The fourth-order valence-electron chi connectivity index (χ4n) is 2.89. The molecule has 0 aliphatic carbocycles. The van der Waals surface area contributed by atoms with E-state index in [4.69, 9.17) is 5.11 Å². The maximum absolute atomic E-state index is 14.2. The van der Waals surface area contributed by atoms with Crippen LogP contribution in [-0.4, -0.2) is 43.6 Å². The van der Waals surface area contributed by atoms with Crippen molar-refractivity contribution in [2.75, 3.05) is 6.54 Å². The molecule has 1 amide bonds. The fraction of sp³-hybridized carbons (Fsp3) is 0.667. The quantitative estimate of drug-likeness (QED) is 0.750. The van der Waals surface area contributed by atoms with Crippen LogP contribution in [0.3, 0.4) is 0 Å². The highest BCUT2D eigenvalue weighted by Gasteiger charge is 2.43. The number of rotatable bonds is 0. The maximum atomic E-state index is 14.2. The van der Waals surface area contributed by atoms with E-state index in [-0.39, 0.29) is 31.7 Å². The lowest BCUT2D eigenvalue weighted by atomic mass is 10.00. The summed E-state index contributed by atoms with van der Waals surface area (Å²) < 4.78 is 29.6. The number of hydrogen-bond acceptors (Lipinski definition) is 3. The Labute approximate surface area is 113 Å². The molecule has 3 rings (SSSR count). The van der Waals surface area contributed by atoms with Gasteiger partial charge < -0.3 is 15.1 Å². The first kappa shape index (κ1) is 13.3. The first-order valence-corrected chi connectivity index (χ1v) is 6.51. The van der Waals surface area contributed by atoms with Crippen LogP contribution >= 0.6 is 0 Å². The molecule has 110 valence electrons. The highest BCUT2D eigenvalue weighted by molar-refractivity contribution is 5.65. The van der Waals surface area contributed by atoms with Crippen LogP contribution < -0.4 is 0 Å². The Kier molecular flexibility index (Phi) is 2.93. The van der Waals surface area contributed by atoms with E-state index in [0.29, 0.717) is 17.7 Å². The van der Waals surface area contributed by atoms with Gasteiger partial charge in [0.1, 0.15) is 5.69 Å². The van der Waals surface area contributed by atoms with Crippen molar-refractivity contribution in [2.24, 2.45) is 0 Å². The summed E-state index contributed by atoms with van der Waals surface area (Å²) in [4.78, 5) is 12.1. The number of aromatic nitrogens is 2. The first-order chi connectivity index (χ1) is 9.38. The third-order valence-electron chi connectivity index (χ3n) is 3.89. The zero-order chi connectivity index (χ0) is 14.5. The van der Waals surface area contributed by atoms with Crippen LogP contribution in [-0.2, 0) is 25.4 Å². The SMILES string of the molecule is O=C(O)N1CCc2nn3c(c2C1)C(F)(F)CC[C@@H](O)C3. The summed E-state index contributed by atoms with van der Waals surface area (Å²) in [5.74, 6) is -3.08. The van der Waals surface area contributed by atoms with Crippen molar-refractivity contribution < 1.29 is 23.8 Å². The van der Waals surface area contributed by atoms with Crippen molar-refractivity contribution in [3.63, 3.8) is 0 Å². The lowest BCUT2D eigenvalue weighted by Gasteiger charge is -2.25. The Hall–Kier alpha value is -1.70. The van der Waals surface area contributed by atoms with Crippen molar-refractivity contribution >= 4 is 6.09 Å². The van der Waals surface area contributed by atoms with Crippen LogP contribution in [0.4, 0.5) is 13.6 Å². The molecule has 0 radical (unpaired) electrons. The molecular formula is C12H15F2N3O3. The molecule has 0 unspecified atom stereocenters. The molecule has 0 aromatic carbocycles. The molecule has 0 spiro atoms. The smallest absolute Gasteiger partial charge is 0.407 e. The van der Waals surface area contributed by atoms with E-state index in [1.807, 2.05) is 0 Å². The lowest BCUT2D eigenvalue weighted by Crippen LogP contribution is -2.35. The molecule has 20 heavy (non-hydrogen) atoms. The van der Waals surface area contributed by atoms with Gasteiger partial charge in [0.2, 0.25) is 0 Å². The van der Waals surface area contributed by atoms with Gasteiger partial charge >= 0.3 is 6.09 Å².